The number of benzene rings is 1. The van der Waals surface area contributed by atoms with E-state index in [4.69, 9.17) is 4.74 Å². The first-order valence-corrected chi connectivity index (χ1v) is 6.79. The van der Waals surface area contributed by atoms with Crippen molar-refractivity contribution in [3.8, 4) is 5.88 Å². The highest BCUT2D eigenvalue weighted by atomic mass is 32.2. The van der Waals surface area contributed by atoms with Gasteiger partial charge in [0.15, 0.2) is 5.69 Å². The normalized spacial score (nSPS) is 10.0. The van der Waals surface area contributed by atoms with Crippen LogP contribution in [0.25, 0.3) is 0 Å². The Balaban J connectivity index is 2.16. The van der Waals surface area contributed by atoms with Gasteiger partial charge in [-0.1, -0.05) is 12.1 Å². The van der Waals surface area contributed by atoms with Crippen LogP contribution in [-0.4, -0.2) is 29.5 Å². The first-order valence-electron chi connectivity index (χ1n) is 5.56. The van der Waals surface area contributed by atoms with Crippen molar-refractivity contribution in [1.29, 1.82) is 0 Å². The van der Waals surface area contributed by atoms with Gasteiger partial charge in [0.25, 0.3) is 5.91 Å². The molecule has 0 spiro atoms. The van der Waals surface area contributed by atoms with E-state index in [2.05, 4.69) is 15.5 Å². The van der Waals surface area contributed by atoms with Gasteiger partial charge in [0.05, 0.1) is 12.8 Å². The quantitative estimate of drug-likeness (QED) is 0.868. The summed E-state index contributed by atoms with van der Waals surface area (Å²) in [6, 6.07) is 10.8. The van der Waals surface area contributed by atoms with Gasteiger partial charge in [-0.05, 0) is 24.5 Å². The molecule has 5 nitrogen and oxygen atoms in total. The molecule has 0 saturated carbocycles. The second-order valence-corrected chi connectivity index (χ2v) is 4.46. The summed E-state index contributed by atoms with van der Waals surface area (Å²) in [7, 11) is 1.50. The Hall–Kier alpha value is -2.08. The molecule has 0 radical (unpaired) electrons. The number of carbonyl (C=O) groups excluding carboxylic acids is 1. The molecule has 2 aromatic rings. The summed E-state index contributed by atoms with van der Waals surface area (Å²) in [6.45, 7) is 0. The van der Waals surface area contributed by atoms with Gasteiger partial charge in [-0.25, -0.2) is 0 Å². The number of thioether (sulfide) groups is 1. The van der Waals surface area contributed by atoms with Crippen molar-refractivity contribution in [2.45, 2.75) is 4.90 Å². The molecule has 1 amide bonds. The second kappa shape index (κ2) is 6.19. The maximum Gasteiger partial charge on any atom is 0.276 e. The lowest BCUT2D eigenvalue weighted by Crippen LogP contribution is -2.14. The van der Waals surface area contributed by atoms with E-state index in [1.54, 1.807) is 23.9 Å². The SMILES string of the molecule is COc1ccc(C(=O)Nc2ccccc2SC)nn1. The van der Waals surface area contributed by atoms with Crippen LogP contribution in [0, 0.1) is 0 Å². The molecule has 0 unspecified atom stereocenters. The third kappa shape index (κ3) is 3.23. The Morgan fingerprint density at radius 1 is 1.21 bits per heavy atom. The summed E-state index contributed by atoms with van der Waals surface area (Å²) in [5, 5.41) is 10.4. The Bertz CT molecular complexity index is 572. The number of anilines is 1. The summed E-state index contributed by atoms with van der Waals surface area (Å²) in [6.07, 6.45) is 1.96. The molecule has 0 aliphatic carbocycles. The molecule has 98 valence electrons. The lowest BCUT2D eigenvalue weighted by atomic mass is 10.3. The zero-order chi connectivity index (χ0) is 13.7. The second-order valence-electron chi connectivity index (χ2n) is 3.62. The van der Waals surface area contributed by atoms with E-state index >= 15 is 0 Å². The van der Waals surface area contributed by atoms with Crippen molar-refractivity contribution >= 4 is 23.4 Å². The van der Waals surface area contributed by atoms with Gasteiger partial charge in [-0.2, -0.15) is 0 Å². The lowest BCUT2D eigenvalue weighted by molar-refractivity contribution is 0.102. The molecule has 1 aromatic carbocycles. The summed E-state index contributed by atoms with van der Waals surface area (Å²) >= 11 is 1.57. The van der Waals surface area contributed by atoms with E-state index < -0.39 is 0 Å². The first-order chi connectivity index (χ1) is 9.24. The summed E-state index contributed by atoms with van der Waals surface area (Å²) in [4.78, 5) is 13.0. The van der Waals surface area contributed by atoms with Gasteiger partial charge in [0.1, 0.15) is 0 Å². The molecular weight excluding hydrogens is 262 g/mol. The fraction of sp³-hybridized carbons (Fsp3) is 0.154. The van der Waals surface area contributed by atoms with E-state index in [0.717, 1.165) is 10.6 Å². The topological polar surface area (TPSA) is 64.1 Å². The Morgan fingerprint density at radius 3 is 2.63 bits per heavy atom. The summed E-state index contributed by atoms with van der Waals surface area (Å²) < 4.78 is 4.90. The van der Waals surface area contributed by atoms with Crippen molar-refractivity contribution in [1.82, 2.24) is 10.2 Å². The molecule has 2 rings (SSSR count). The Kier molecular flexibility index (Phi) is 4.35. The molecule has 0 aliphatic heterocycles. The number of nitrogens with zero attached hydrogens (tertiary/aromatic N) is 2. The van der Waals surface area contributed by atoms with Crippen LogP contribution >= 0.6 is 11.8 Å². The molecule has 1 heterocycles. The van der Waals surface area contributed by atoms with Gasteiger partial charge in [-0.15, -0.1) is 22.0 Å². The van der Waals surface area contributed by atoms with Gasteiger partial charge in [-0.3, -0.25) is 4.79 Å². The lowest BCUT2D eigenvalue weighted by Gasteiger charge is -2.08. The third-order valence-electron chi connectivity index (χ3n) is 2.44. The minimum atomic E-state index is -0.295. The molecule has 0 aliphatic rings. The van der Waals surface area contributed by atoms with Crippen molar-refractivity contribution in [3.05, 3.63) is 42.1 Å². The molecule has 0 fully saturated rings. The number of carbonyl (C=O) groups is 1. The Labute approximate surface area is 115 Å². The number of methoxy groups -OCH3 is 1. The standard InChI is InChI=1S/C13H13N3O2S/c1-18-12-8-7-10(15-16-12)13(17)14-9-5-3-4-6-11(9)19-2/h3-8H,1-2H3,(H,14,17). The van der Waals surface area contributed by atoms with Gasteiger partial charge < -0.3 is 10.1 Å². The monoisotopic (exact) mass is 275 g/mol. The molecule has 1 N–H and O–H groups in total. The third-order valence-corrected chi connectivity index (χ3v) is 3.23. The van der Waals surface area contributed by atoms with E-state index in [-0.39, 0.29) is 11.6 Å². The molecule has 0 bridgehead atoms. The van der Waals surface area contributed by atoms with Crippen LogP contribution in [0.4, 0.5) is 5.69 Å². The van der Waals surface area contributed by atoms with Crippen LogP contribution in [0.15, 0.2) is 41.3 Å². The molecule has 0 atom stereocenters. The number of hydrogen-bond donors (Lipinski definition) is 1. The van der Waals surface area contributed by atoms with E-state index in [1.807, 2.05) is 30.5 Å². The molecule has 0 saturated heterocycles. The van der Waals surface area contributed by atoms with Crippen molar-refractivity contribution in [3.63, 3.8) is 0 Å². The highest BCUT2D eigenvalue weighted by Gasteiger charge is 2.10. The highest BCUT2D eigenvalue weighted by molar-refractivity contribution is 7.98. The zero-order valence-electron chi connectivity index (χ0n) is 10.6. The largest absolute Gasteiger partial charge is 0.480 e. The highest BCUT2D eigenvalue weighted by Crippen LogP contribution is 2.24. The number of ether oxygens (including phenoxy) is 1. The molecule has 6 heteroatoms. The number of nitrogens with one attached hydrogen (secondary N) is 1. The van der Waals surface area contributed by atoms with Crippen LogP contribution in [0.3, 0.4) is 0 Å². The van der Waals surface area contributed by atoms with E-state index in [1.165, 1.54) is 7.11 Å². The number of aromatic nitrogens is 2. The van der Waals surface area contributed by atoms with Crippen molar-refractivity contribution in [2.24, 2.45) is 0 Å². The van der Waals surface area contributed by atoms with Crippen molar-refractivity contribution in [2.75, 3.05) is 18.7 Å². The van der Waals surface area contributed by atoms with E-state index in [9.17, 15) is 4.79 Å². The average molecular weight is 275 g/mol. The maximum atomic E-state index is 12.0. The predicted octanol–water partition coefficient (Wildman–Crippen LogP) is 2.46. The van der Waals surface area contributed by atoms with E-state index in [0.29, 0.717) is 5.88 Å². The molecular formula is C13H13N3O2S. The van der Waals surface area contributed by atoms with Crippen LogP contribution in [0.2, 0.25) is 0 Å². The first kappa shape index (κ1) is 13.4. The maximum absolute atomic E-state index is 12.0. The number of para-hydroxylation sites is 1. The summed E-state index contributed by atoms with van der Waals surface area (Å²) in [5.74, 6) is 0.0812. The Morgan fingerprint density at radius 2 is 2.00 bits per heavy atom. The number of amides is 1. The predicted molar refractivity (Wildman–Crippen MR) is 74.8 cm³/mol. The van der Waals surface area contributed by atoms with Gasteiger partial charge in [0, 0.05) is 11.0 Å². The average Bonchev–Trinajstić information content (AvgIpc) is 2.48. The van der Waals surface area contributed by atoms with Gasteiger partial charge in [0.2, 0.25) is 5.88 Å². The summed E-state index contributed by atoms with van der Waals surface area (Å²) in [5.41, 5.74) is 1.01. The zero-order valence-corrected chi connectivity index (χ0v) is 11.4. The number of hydrogen-bond acceptors (Lipinski definition) is 5. The minimum Gasteiger partial charge on any atom is -0.480 e. The van der Waals surface area contributed by atoms with Crippen molar-refractivity contribution < 1.29 is 9.53 Å². The molecule has 19 heavy (non-hydrogen) atoms. The molecule has 1 aromatic heterocycles. The van der Waals surface area contributed by atoms with Gasteiger partial charge >= 0.3 is 0 Å². The number of rotatable bonds is 4. The fourth-order valence-corrected chi connectivity index (χ4v) is 2.04. The van der Waals surface area contributed by atoms with Crippen LogP contribution in [0.5, 0.6) is 5.88 Å². The smallest absolute Gasteiger partial charge is 0.276 e. The fourth-order valence-electron chi connectivity index (χ4n) is 1.48. The van der Waals surface area contributed by atoms with Crippen LogP contribution in [0.1, 0.15) is 10.5 Å². The minimum absolute atomic E-state index is 0.247. The van der Waals surface area contributed by atoms with Crippen LogP contribution in [-0.2, 0) is 0 Å². The van der Waals surface area contributed by atoms with Crippen LogP contribution < -0.4 is 10.1 Å².